The predicted molar refractivity (Wildman–Crippen MR) is 56.7 cm³/mol. The zero-order chi connectivity index (χ0) is 12.5. The number of hydrogen-bond donors (Lipinski definition) is 0. The Balaban J connectivity index is 2.16. The van der Waals surface area contributed by atoms with E-state index in [1.54, 1.807) is 6.07 Å². The maximum Gasteiger partial charge on any atom is 0.390 e. The van der Waals surface area contributed by atoms with Crippen LogP contribution < -0.4 is 9.47 Å². The Morgan fingerprint density at radius 1 is 1.18 bits per heavy atom. The first-order valence-corrected chi connectivity index (χ1v) is 5.50. The predicted octanol–water partition coefficient (Wildman–Crippen LogP) is 3.69. The molecule has 0 amide bonds. The highest BCUT2D eigenvalue weighted by Crippen LogP contribution is 2.38. The van der Waals surface area contributed by atoms with E-state index in [0.29, 0.717) is 30.3 Å². The highest BCUT2D eigenvalue weighted by atomic mass is 35.5. The minimum absolute atomic E-state index is 0.383. The zero-order valence-electron chi connectivity index (χ0n) is 8.76. The minimum Gasteiger partial charge on any atom is -0.486 e. The molecule has 1 aliphatic heterocycles. The standard InChI is InChI=1S/C11H10ClF3O2/c12-8(6-11(13,14)15)7-1-2-9-10(5-7)17-4-3-16-9/h1-2,5,8H,3-4,6H2. The maximum absolute atomic E-state index is 12.2. The van der Waals surface area contributed by atoms with E-state index in [1.165, 1.54) is 12.1 Å². The number of hydrogen-bond acceptors (Lipinski definition) is 2. The van der Waals surface area contributed by atoms with E-state index in [2.05, 4.69) is 0 Å². The van der Waals surface area contributed by atoms with Crippen molar-refractivity contribution in [3.8, 4) is 11.5 Å². The first-order valence-electron chi connectivity index (χ1n) is 5.06. The van der Waals surface area contributed by atoms with Crippen LogP contribution in [0.5, 0.6) is 11.5 Å². The van der Waals surface area contributed by atoms with E-state index >= 15 is 0 Å². The van der Waals surface area contributed by atoms with Crippen LogP contribution in [0.25, 0.3) is 0 Å². The van der Waals surface area contributed by atoms with Crippen LogP contribution in [0.15, 0.2) is 18.2 Å². The third kappa shape index (κ3) is 3.19. The van der Waals surface area contributed by atoms with E-state index in [4.69, 9.17) is 21.1 Å². The summed E-state index contributed by atoms with van der Waals surface area (Å²) in [6, 6.07) is 4.60. The van der Waals surface area contributed by atoms with Crippen molar-refractivity contribution in [2.75, 3.05) is 13.2 Å². The molecule has 1 unspecified atom stereocenters. The van der Waals surface area contributed by atoms with Gasteiger partial charge in [-0.05, 0) is 17.7 Å². The topological polar surface area (TPSA) is 18.5 Å². The lowest BCUT2D eigenvalue weighted by molar-refractivity contribution is -0.134. The fourth-order valence-corrected chi connectivity index (χ4v) is 1.89. The summed E-state index contributed by atoms with van der Waals surface area (Å²) in [4.78, 5) is 0. The molecule has 1 aromatic rings. The molecular weight excluding hydrogens is 257 g/mol. The van der Waals surface area contributed by atoms with Crippen molar-refractivity contribution < 1.29 is 22.6 Å². The van der Waals surface area contributed by atoms with E-state index in [-0.39, 0.29) is 0 Å². The first-order chi connectivity index (χ1) is 7.96. The molecule has 0 bridgehead atoms. The van der Waals surface area contributed by atoms with Gasteiger partial charge in [0.1, 0.15) is 13.2 Å². The van der Waals surface area contributed by atoms with Crippen molar-refractivity contribution in [3.63, 3.8) is 0 Å². The Bertz CT molecular complexity index is 406. The zero-order valence-corrected chi connectivity index (χ0v) is 9.52. The van der Waals surface area contributed by atoms with E-state index in [0.717, 1.165) is 0 Å². The summed E-state index contributed by atoms with van der Waals surface area (Å²) in [7, 11) is 0. The van der Waals surface area contributed by atoms with Gasteiger partial charge in [-0.25, -0.2) is 0 Å². The fraction of sp³-hybridized carbons (Fsp3) is 0.455. The minimum atomic E-state index is -4.28. The Kier molecular flexibility index (Phi) is 3.38. The van der Waals surface area contributed by atoms with Crippen LogP contribution in [-0.4, -0.2) is 19.4 Å². The molecule has 2 rings (SSSR count). The van der Waals surface area contributed by atoms with Gasteiger partial charge in [0.15, 0.2) is 11.5 Å². The second kappa shape index (κ2) is 4.64. The summed E-state index contributed by atoms with van der Waals surface area (Å²) in [5.74, 6) is 0.984. The van der Waals surface area contributed by atoms with Crippen molar-refractivity contribution in [2.24, 2.45) is 0 Å². The van der Waals surface area contributed by atoms with Gasteiger partial charge in [-0.1, -0.05) is 6.07 Å². The summed E-state index contributed by atoms with van der Waals surface area (Å²) >= 11 is 5.72. The Morgan fingerprint density at radius 2 is 1.82 bits per heavy atom. The number of rotatable bonds is 2. The quantitative estimate of drug-likeness (QED) is 0.760. The lowest BCUT2D eigenvalue weighted by atomic mass is 10.1. The smallest absolute Gasteiger partial charge is 0.390 e. The van der Waals surface area contributed by atoms with Gasteiger partial charge in [0.05, 0.1) is 11.8 Å². The molecule has 17 heavy (non-hydrogen) atoms. The molecule has 0 aliphatic carbocycles. The van der Waals surface area contributed by atoms with Crippen LogP contribution in [0.4, 0.5) is 13.2 Å². The second-order valence-corrected chi connectivity index (χ2v) is 4.22. The highest BCUT2D eigenvalue weighted by molar-refractivity contribution is 6.20. The molecular formula is C11H10ClF3O2. The molecule has 6 heteroatoms. The van der Waals surface area contributed by atoms with Crippen molar-refractivity contribution in [1.82, 2.24) is 0 Å². The third-order valence-electron chi connectivity index (χ3n) is 2.34. The van der Waals surface area contributed by atoms with Gasteiger partial charge >= 0.3 is 6.18 Å². The molecule has 0 fully saturated rings. The summed E-state index contributed by atoms with van der Waals surface area (Å²) in [5.41, 5.74) is 0.383. The average Bonchev–Trinajstić information content (AvgIpc) is 2.26. The van der Waals surface area contributed by atoms with Gasteiger partial charge in [0.25, 0.3) is 0 Å². The molecule has 0 saturated carbocycles. The molecule has 0 aromatic heterocycles. The van der Waals surface area contributed by atoms with Gasteiger partial charge in [0, 0.05) is 0 Å². The number of alkyl halides is 4. The number of ether oxygens (including phenoxy) is 2. The van der Waals surface area contributed by atoms with E-state index in [9.17, 15) is 13.2 Å². The maximum atomic E-state index is 12.2. The van der Waals surface area contributed by atoms with Crippen LogP contribution in [0, 0.1) is 0 Å². The molecule has 1 atom stereocenters. The van der Waals surface area contributed by atoms with Gasteiger partial charge in [0.2, 0.25) is 0 Å². The van der Waals surface area contributed by atoms with E-state index < -0.39 is 18.0 Å². The van der Waals surface area contributed by atoms with E-state index in [1.807, 2.05) is 0 Å². The Labute approximate surface area is 101 Å². The SMILES string of the molecule is FC(F)(F)CC(Cl)c1ccc2c(c1)OCCO2. The fourth-order valence-electron chi connectivity index (χ4n) is 1.58. The molecule has 0 saturated heterocycles. The van der Waals surface area contributed by atoms with Gasteiger partial charge in [-0.2, -0.15) is 13.2 Å². The van der Waals surface area contributed by atoms with Crippen LogP contribution >= 0.6 is 11.6 Å². The van der Waals surface area contributed by atoms with Crippen LogP contribution in [0.2, 0.25) is 0 Å². The average molecular weight is 267 g/mol. The molecule has 1 aliphatic rings. The molecule has 94 valence electrons. The molecule has 2 nitrogen and oxygen atoms in total. The van der Waals surface area contributed by atoms with Crippen LogP contribution in [0.3, 0.4) is 0 Å². The Hall–Kier alpha value is -1.10. The number of fused-ring (bicyclic) bond motifs is 1. The van der Waals surface area contributed by atoms with Crippen molar-refractivity contribution in [3.05, 3.63) is 23.8 Å². The van der Waals surface area contributed by atoms with Gasteiger partial charge in [-0.3, -0.25) is 0 Å². The summed E-state index contributed by atoms with van der Waals surface area (Å²) in [6.45, 7) is 0.835. The monoisotopic (exact) mass is 266 g/mol. The lowest BCUT2D eigenvalue weighted by Crippen LogP contribution is -2.16. The molecule has 0 N–H and O–H groups in total. The van der Waals surface area contributed by atoms with Gasteiger partial charge in [-0.15, -0.1) is 11.6 Å². The third-order valence-corrected chi connectivity index (χ3v) is 2.74. The van der Waals surface area contributed by atoms with Crippen LogP contribution in [-0.2, 0) is 0 Å². The molecule has 0 spiro atoms. The summed E-state index contributed by atoms with van der Waals surface area (Å²) in [6.07, 6.45) is -5.34. The van der Waals surface area contributed by atoms with Crippen molar-refractivity contribution in [1.29, 1.82) is 0 Å². The lowest BCUT2D eigenvalue weighted by Gasteiger charge is -2.20. The largest absolute Gasteiger partial charge is 0.486 e. The van der Waals surface area contributed by atoms with Crippen molar-refractivity contribution in [2.45, 2.75) is 18.0 Å². The first kappa shape index (κ1) is 12.4. The second-order valence-electron chi connectivity index (χ2n) is 3.69. The van der Waals surface area contributed by atoms with Crippen molar-refractivity contribution >= 4 is 11.6 Å². The van der Waals surface area contributed by atoms with Gasteiger partial charge < -0.3 is 9.47 Å². The highest BCUT2D eigenvalue weighted by Gasteiger charge is 2.32. The number of halogens is 4. The molecule has 1 aromatic carbocycles. The number of benzene rings is 1. The summed E-state index contributed by atoms with van der Waals surface area (Å²) in [5, 5.41) is -1.11. The molecule has 0 radical (unpaired) electrons. The Morgan fingerprint density at radius 3 is 2.47 bits per heavy atom. The normalized spacial score (nSPS) is 16.7. The van der Waals surface area contributed by atoms with Crippen LogP contribution in [0.1, 0.15) is 17.4 Å². The molecule has 1 heterocycles. The summed E-state index contributed by atoms with van der Waals surface area (Å²) < 4.78 is 47.1.